The Bertz CT molecular complexity index is 404. The molecular weight excluding hydrogens is 228 g/mol. The summed E-state index contributed by atoms with van der Waals surface area (Å²) in [5.74, 6) is -0.212. The molecule has 0 aliphatic heterocycles. The summed E-state index contributed by atoms with van der Waals surface area (Å²) in [7, 11) is 0. The van der Waals surface area contributed by atoms with Crippen LogP contribution in [0, 0.1) is 0 Å². The highest BCUT2D eigenvalue weighted by Gasteiger charge is 2.21. The molecular formula is C14H20N2O2. The van der Waals surface area contributed by atoms with E-state index < -0.39 is 6.04 Å². The number of carbonyl (C=O) groups is 2. The zero-order valence-corrected chi connectivity index (χ0v) is 11.1. The zero-order valence-electron chi connectivity index (χ0n) is 11.1. The molecule has 1 N–H and O–H groups in total. The summed E-state index contributed by atoms with van der Waals surface area (Å²) in [6.45, 7) is 6.10. The van der Waals surface area contributed by atoms with E-state index in [1.165, 1.54) is 6.92 Å². The first kappa shape index (κ1) is 14.2. The van der Waals surface area contributed by atoms with Crippen molar-refractivity contribution in [1.82, 2.24) is 10.2 Å². The Balaban J connectivity index is 2.52. The van der Waals surface area contributed by atoms with Crippen LogP contribution in [0.5, 0.6) is 0 Å². The molecule has 0 saturated heterocycles. The minimum Gasteiger partial charge on any atom is -0.350 e. The van der Waals surface area contributed by atoms with Gasteiger partial charge in [-0.1, -0.05) is 30.3 Å². The fourth-order valence-corrected chi connectivity index (χ4v) is 1.84. The molecule has 1 aromatic carbocycles. The molecule has 0 radical (unpaired) electrons. The van der Waals surface area contributed by atoms with Crippen LogP contribution in [0.4, 0.5) is 0 Å². The minimum absolute atomic E-state index is 0.0835. The highest BCUT2D eigenvalue weighted by Crippen LogP contribution is 2.02. The van der Waals surface area contributed by atoms with Crippen molar-refractivity contribution in [2.75, 3.05) is 6.54 Å². The summed E-state index contributed by atoms with van der Waals surface area (Å²) in [6, 6.07) is 9.26. The molecule has 1 atom stereocenters. The Morgan fingerprint density at radius 2 is 1.89 bits per heavy atom. The van der Waals surface area contributed by atoms with Crippen LogP contribution in [-0.4, -0.2) is 29.3 Å². The molecule has 1 aromatic rings. The molecule has 98 valence electrons. The van der Waals surface area contributed by atoms with Crippen molar-refractivity contribution in [3.63, 3.8) is 0 Å². The third kappa shape index (κ3) is 3.87. The predicted molar refractivity (Wildman–Crippen MR) is 70.8 cm³/mol. The lowest BCUT2D eigenvalue weighted by atomic mass is 10.2. The highest BCUT2D eigenvalue weighted by atomic mass is 16.2. The number of hydrogen-bond acceptors (Lipinski definition) is 2. The van der Waals surface area contributed by atoms with E-state index in [0.29, 0.717) is 13.1 Å². The van der Waals surface area contributed by atoms with E-state index in [4.69, 9.17) is 0 Å². The lowest BCUT2D eigenvalue weighted by Gasteiger charge is -2.25. The summed E-state index contributed by atoms with van der Waals surface area (Å²) >= 11 is 0. The van der Waals surface area contributed by atoms with Crippen molar-refractivity contribution in [3.8, 4) is 0 Å². The summed E-state index contributed by atoms with van der Waals surface area (Å²) in [4.78, 5) is 24.8. The van der Waals surface area contributed by atoms with Gasteiger partial charge in [0, 0.05) is 20.0 Å². The van der Waals surface area contributed by atoms with Gasteiger partial charge in [0.25, 0.3) is 0 Å². The van der Waals surface area contributed by atoms with Gasteiger partial charge < -0.3 is 10.2 Å². The third-order valence-electron chi connectivity index (χ3n) is 2.90. The molecule has 4 heteroatoms. The van der Waals surface area contributed by atoms with Gasteiger partial charge in [0.2, 0.25) is 11.8 Å². The van der Waals surface area contributed by atoms with Crippen LogP contribution < -0.4 is 5.32 Å². The maximum absolute atomic E-state index is 11.9. The fraction of sp³-hybridized carbons (Fsp3) is 0.429. The minimum atomic E-state index is -0.434. The zero-order chi connectivity index (χ0) is 13.5. The van der Waals surface area contributed by atoms with Crippen LogP contribution in [0.25, 0.3) is 0 Å². The van der Waals surface area contributed by atoms with Gasteiger partial charge in [-0.15, -0.1) is 0 Å². The van der Waals surface area contributed by atoms with Crippen molar-refractivity contribution in [3.05, 3.63) is 35.9 Å². The number of nitrogens with zero attached hydrogens (tertiary/aromatic N) is 1. The lowest BCUT2D eigenvalue weighted by Crippen LogP contribution is -2.46. The van der Waals surface area contributed by atoms with Gasteiger partial charge in [-0.3, -0.25) is 9.59 Å². The maximum Gasteiger partial charge on any atom is 0.242 e. The van der Waals surface area contributed by atoms with Gasteiger partial charge in [0.05, 0.1) is 0 Å². The van der Waals surface area contributed by atoms with E-state index in [9.17, 15) is 9.59 Å². The van der Waals surface area contributed by atoms with Gasteiger partial charge in [0.15, 0.2) is 0 Å². The number of hydrogen-bond donors (Lipinski definition) is 1. The van der Waals surface area contributed by atoms with E-state index in [2.05, 4.69) is 5.32 Å². The molecule has 0 unspecified atom stereocenters. The molecule has 0 aliphatic carbocycles. The van der Waals surface area contributed by atoms with Gasteiger partial charge in [-0.2, -0.15) is 0 Å². The largest absolute Gasteiger partial charge is 0.350 e. The van der Waals surface area contributed by atoms with Gasteiger partial charge in [-0.25, -0.2) is 0 Å². The second-order valence-electron chi connectivity index (χ2n) is 4.18. The van der Waals surface area contributed by atoms with E-state index in [0.717, 1.165) is 5.56 Å². The monoisotopic (exact) mass is 248 g/mol. The normalized spacial score (nSPS) is 11.7. The molecule has 0 spiro atoms. The molecule has 2 amide bonds. The Hall–Kier alpha value is -1.84. The van der Waals surface area contributed by atoms with E-state index in [1.54, 1.807) is 11.8 Å². The van der Waals surface area contributed by atoms with E-state index in [1.807, 2.05) is 37.3 Å². The van der Waals surface area contributed by atoms with E-state index in [-0.39, 0.29) is 11.8 Å². The van der Waals surface area contributed by atoms with E-state index >= 15 is 0 Å². The Kier molecular flexibility index (Phi) is 5.36. The molecule has 0 bridgehead atoms. The fourth-order valence-electron chi connectivity index (χ4n) is 1.84. The van der Waals surface area contributed by atoms with Crippen molar-refractivity contribution >= 4 is 11.8 Å². The number of amides is 2. The second-order valence-corrected chi connectivity index (χ2v) is 4.18. The number of rotatable bonds is 5. The van der Waals surface area contributed by atoms with Crippen LogP contribution in [0.2, 0.25) is 0 Å². The number of nitrogens with one attached hydrogen (secondary N) is 1. The summed E-state index contributed by atoms with van der Waals surface area (Å²) in [5.41, 5.74) is 1.05. The van der Waals surface area contributed by atoms with Gasteiger partial charge >= 0.3 is 0 Å². The molecule has 18 heavy (non-hydrogen) atoms. The molecule has 0 fully saturated rings. The third-order valence-corrected chi connectivity index (χ3v) is 2.90. The quantitative estimate of drug-likeness (QED) is 0.859. The number of likely N-dealkylation sites (N-methyl/N-ethyl adjacent to an activating group) is 1. The maximum atomic E-state index is 11.9. The van der Waals surface area contributed by atoms with Crippen LogP contribution in [0.15, 0.2) is 30.3 Å². The topological polar surface area (TPSA) is 49.4 Å². The van der Waals surface area contributed by atoms with Crippen LogP contribution >= 0.6 is 0 Å². The smallest absolute Gasteiger partial charge is 0.242 e. The Labute approximate surface area is 108 Å². The van der Waals surface area contributed by atoms with Gasteiger partial charge in [-0.05, 0) is 19.4 Å². The summed E-state index contributed by atoms with van der Waals surface area (Å²) in [6.07, 6.45) is 0. The van der Waals surface area contributed by atoms with Gasteiger partial charge in [0.1, 0.15) is 6.04 Å². The number of carbonyl (C=O) groups excluding carboxylic acids is 2. The molecule has 0 aliphatic rings. The van der Waals surface area contributed by atoms with Crippen LogP contribution in [-0.2, 0) is 16.1 Å². The highest BCUT2D eigenvalue weighted by molar-refractivity contribution is 5.86. The average molecular weight is 248 g/mol. The van der Waals surface area contributed by atoms with Crippen molar-refractivity contribution < 1.29 is 9.59 Å². The number of benzene rings is 1. The van der Waals surface area contributed by atoms with Crippen LogP contribution in [0.1, 0.15) is 26.3 Å². The summed E-state index contributed by atoms with van der Waals surface area (Å²) < 4.78 is 0. The predicted octanol–water partition coefficient (Wildman–Crippen LogP) is 1.56. The SMILES string of the molecule is CCN(C(C)=O)[C@@H](C)C(=O)NCc1ccccc1. The van der Waals surface area contributed by atoms with Crippen molar-refractivity contribution in [1.29, 1.82) is 0 Å². The molecule has 0 heterocycles. The first-order valence-electron chi connectivity index (χ1n) is 6.15. The lowest BCUT2D eigenvalue weighted by molar-refractivity contribution is -0.138. The van der Waals surface area contributed by atoms with Crippen LogP contribution in [0.3, 0.4) is 0 Å². The second kappa shape index (κ2) is 6.79. The average Bonchev–Trinajstić information content (AvgIpc) is 2.37. The Morgan fingerprint density at radius 1 is 1.28 bits per heavy atom. The summed E-state index contributed by atoms with van der Waals surface area (Å²) in [5, 5.41) is 2.84. The first-order chi connectivity index (χ1) is 8.56. The molecule has 1 rings (SSSR count). The van der Waals surface area contributed by atoms with Crippen molar-refractivity contribution in [2.45, 2.75) is 33.4 Å². The molecule has 0 aromatic heterocycles. The van der Waals surface area contributed by atoms with Crippen molar-refractivity contribution in [2.24, 2.45) is 0 Å². The standard InChI is InChI=1S/C14H20N2O2/c1-4-16(12(3)17)11(2)14(18)15-10-13-8-6-5-7-9-13/h5-9,11H,4,10H2,1-3H3,(H,15,18)/t11-/m0/s1. The first-order valence-corrected chi connectivity index (χ1v) is 6.15. The molecule has 4 nitrogen and oxygen atoms in total. The molecule has 0 saturated carbocycles. The Morgan fingerprint density at radius 3 is 2.39 bits per heavy atom.